The highest BCUT2D eigenvalue weighted by atomic mass is 16.5. The summed E-state index contributed by atoms with van der Waals surface area (Å²) < 4.78 is 5.33. The second-order valence-electron chi connectivity index (χ2n) is 7.22. The standard InChI is InChI=1S/C23H30N4O2/c1-6-11-23(7-2,8-3)27-20-10-9-19(22(28)29-17(4)5)12-21(20)26-15-18-13-24-16-25-14-18/h6,9-10,12-17,27H,1,7-8,11H2,2-5H3. The normalized spacial score (nSPS) is 11.6. The zero-order valence-electron chi connectivity index (χ0n) is 17.7. The van der Waals surface area contributed by atoms with Crippen molar-refractivity contribution in [1.29, 1.82) is 0 Å². The number of rotatable bonds is 10. The van der Waals surface area contributed by atoms with Gasteiger partial charge in [0, 0.05) is 29.7 Å². The van der Waals surface area contributed by atoms with E-state index in [0.717, 1.165) is 30.5 Å². The van der Waals surface area contributed by atoms with Crippen molar-refractivity contribution in [3.05, 3.63) is 60.7 Å². The lowest BCUT2D eigenvalue weighted by Crippen LogP contribution is -2.36. The molecule has 0 aliphatic carbocycles. The molecular weight excluding hydrogens is 364 g/mol. The molecule has 0 spiro atoms. The van der Waals surface area contributed by atoms with Crippen LogP contribution >= 0.6 is 0 Å². The van der Waals surface area contributed by atoms with Gasteiger partial charge in [-0.15, -0.1) is 6.58 Å². The maximum atomic E-state index is 12.4. The van der Waals surface area contributed by atoms with Crippen molar-refractivity contribution in [2.75, 3.05) is 5.32 Å². The molecule has 2 rings (SSSR count). The molecule has 1 heterocycles. The lowest BCUT2D eigenvalue weighted by Gasteiger charge is -2.33. The smallest absolute Gasteiger partial charge is 0.338 e. The Bertz CT molecular complexity index is 843. The first-order valence-electron chi connectivity index (χ1n) is 9.96. The van der Waals surface area contributed by atoms with E-state index in [2.05, 4.69) is 40.7 Å². The van der Waals surface area contributed by atoms with Gasteiger partial charge in [-0.2, -0.15) is 0 Å². The third-order valence-electron chi connectivity index (χ3n) is 4.80. The minimum Gasteiger partial charge on any atom is -0.459 e. The Morgan fingerprint density at radius 3 is 2.55 bits per heavy atom. The summed E-state index contributed by atoms with van der Waals surface area (Å²) in [5.74, 6) is -0.366. The van der Waals surface area contributed by atoms with Crippen LogP contribution in [-0.2, 0) is 4.74 Å². The Balaban J connectivity index is 2.44. The molecular formula is C23H30N4O2. The van der Waals surface area contributed by atoms with E-state index in [9.17, 15) is 4.79 Å². The second kappa shape index (κ2) is 10.5. The van der Waals surface area contributed by atoms with Crippen LogP contribution in [0.15, 0.2) is 54.6 Å². The number of ether oxygens (including phenoxy) is 1. The van der Waals surface area contributed by atoms with E-state index in [4.69, 9.17) is 4.74 Å². The lowest BCUT2D eigenvalue weighted by atomic mass is 9.88. The first-order chi connectivity index (χ1) is 13.9. The second-order valence-corrected chi connectivity index (χ2v) is 7.22. The molecule has 1 aromatic heterocycles. The van der Waals surface area contributed by atoms with Crippen LogP contribution in [0.4, 0.5) is 11.4 Å². The van der Waals surface area contributed by atoms with Gasteiger partial charge in [0.1, 0.15) is 6.33 Å². The lowest BCUT2D eigenvalue weighted by molar-refractivity contribution is 0.0378. The molecule has 1 N–H and O–H groups in total. The van der Waals surface area contributed by atoms with Crippen LogP contribution in [0.5, 0.6) is 0 Å². The fourth-order valence-corrected chi connectivity index (χ4v) is 3.00. The number of anilines is 1. The van der Waals surface area contributed by atoms with Gasteiger partial charge in [0.25, 0.3) is 0 Å². The number of esters is 1. The molecule has 0 saturated heterocycles. The van der Waals surface area contributed by atoms with Crippen molar-refractivity contribution in [2.24, 2.45) is 4.99 Å². The number of aromatic nitrogens is 2. The Morgan fingerprint density at radius 2 is 1.97 bits per heavy atom. The molecule has 0 radical (unpaired) electrons. The Kier molecular flexibility index (Phi) is 8.07. The Hall–Kier alpha value is -3.02. The van der Waals surface area contributed by atoms with E-state index in [-0.39, 0.29) is 17.6 Å². The van der Waals surface area contributed by atoms with Gasteiger partial charge in [-0.05, 0) is 51.3 Å². The van der Waals surface area contributed by atoms with E-state index in [0.29, 0.717) is 11.3 Å². The van der Waals surface area contributed by atoms with E-state index >= 15 is 0 Å². The molecule has 2 aromatic rings. The van der Waals surface area contributed by atoms with Gasteiger partial charge in [0.15, 0.2) is 0 Å². The SMILES string of the molecule is C=CCC(CC)(CC)Nc1ccc(C(=O)OC(C)C)cc1N=Cc1cncnc1. The fourth-order valence-electron chi connectivity index (χ4n) is 3.00. The van der Waals surface area contributed by atoms with Crippen molar-refractivity contribution < 1.29 is 9.53 Å². The average molecular weight is 395 g/mol. The molecule has 0 aliphatic heterocycles. The molecule has 0 unspecified atom stereocenters. The minimum atomic E-state index is -0.366. The highest BCUT2D eigenvalue weighted by Gasteiger charge is 2.25. The molecule has 0 atom stereocenters. The van der Waals surface area contributed by atoms with Gasteiger partial charge < -0.3 is 10.1 Å². The van der Waals surface area contributed by atoms with Crippen LogP contribution in [0.1, 0.15) is 62.9 Å². The van der Waals surface area contributed by atoms with E-state index in [1.165, 1.54) is 6.33 Å². The van der Waals surface area contributed by atoms with Crippen molar-refractivity contribution in [3.8, 4) is 0 Å². The third kappa shape index (κ3) is 6.24. The van der Waals surface area contributed by atoms with Crippen LogP contribution in [-0.4, -0.2) is 33.8 Å². The summed E-state index contributed by atoms with van der Waals surface area (Å²) in [6, 6.07) is 5.40. The highest BCUT2D eigenvalue weighted by molar-refractivity contribution is 5.93. The average Bonchev–Trinajstić information content (AvgIpc) is 2.72. The monoisotopic (exact) mass is 394 g/mol. The molecule has 29 heavy (non-hydrogen) atoms. The molecule has 0 aliphatic rings. The first kappa shape index (κ1) is 22.3. The summed E-state index contributed by atoms with van der Waals surface area (Å²) in [5, 5.41) is 3.64. The number of carbonyl (C=O) groups excluding carboxylic acids is 1. The van der Waals surface area contributed by atoms with Gasteiger partial charge in [0.2, 0.25) is 0 Å². The van der Waals surface area contributed by atoms with Crippen LogP contribution < -0.4 is 5.32 Å². The quantitative estimate of drug-likeness (QED) is 0.334. The summed E-state index contributed by atoms with van der Waals surface area (Å²) in [4.78, 5) is 25.0. The van der Waals surface area contributed by atoms with Crippen molar-refractivity contribution in [2.45, 2.75) is 58.6 Å². The zero-order chi connectivity index (χ0) is 21.3. The maximum Gasteiger partial charge on any atom is 0.338 e. The number of nitrogens with zero attached hydrogens (tertiary/aromatic N) is 3. The molecule has 6 nitrogen and oxygen atoms in total. The molecule has 0 amide bonds. The van der Waals surface area contributed by atoms with Gasteiger partial charge in [-0.3, -0.25) is 4.99 Å². The summed E-state index contributed by atoms with van der Waals surface area (Å²) in [6.45, 7) is 11.9. The third-order valence-corrected chi connectivity index (χ3v) is 4.80. The Labute approximate surface area is 173 Å². The van der Waals surface area contributed by atoms with Crippen molar-refractivity contribution >= 4 is 23.6 Å². The van der Waals surface area contributed by atoms with E-state index < -0.39 is 0 Å². The number of aliphatic imine (C=N–C) groups is 1. The van der Waals surface area contributed by atoms with E-state index in [1.54, 1.807) is 30.7 Å². The van der Waals surface area contributed by atoms with Crippen LogP contribution in [0.2, 0.25) is 0 Å². The summed E-state index contributed by atoms with van der Waals surface area (Å²) in [6.07, 6.45) is 11.0. The predicted octanol–water partition coefficient (Wildman–Crippen LogP) is 5.34. The fraction of sp³-hybridized carbons (Fsp3) is 0.391. The topological polar surface area (TPSA) is 76.5 Å². The summed E-state index contributed by atoms with van der Waals surface area (Å²) >= 11 is 0. The van der Waals surface area contributed by atoms with Gasteiger partial charge in [0.05, 0.1) is 23.0 Å². The summed E-state index contributed by atoms with van der Waals surface area (Å²) in [7, 11) is 0. The largest absolute Gasteiger partial charge is 0.459 e. The van der Waals surface area contributed by atoms with Crippen molar-refractivity contribution in [3.63, 3.8) is 0 Å². The molecule has 0 saturated carbocycles. The molecule has 0 fully saturated rings. The number of benzene rings is 1. The minimum absolute atomic E-state index is 0.123. The van der Waals surface area contributed by atoms with Crippen LogP contribution in [0.3, 0.4) is 0 Å². The predicted molar refractivity (Wildman–Crippen MR) is 118 cm³/mol. The van der Waals surface area contributed by atoms with Crippen LogP contribution in [0.25, 0.3) is 0 Å². The molecule has 0 bridgehead atoms. The molecule has 6 heteroatoms. The number of nitrogens with one attached hydrogen (secondary N) is 1. The van der Waals surface area contributed by atoms with Crippen molar-refractivity contribution in [1.82, 2.24) is 9.97 Å². The van der Waals surface area contributed by atoms with Gasteiger partial charge in [-0.1, -0.05) is 19.9 Å². The number of carbonyl (C=O) groups is 1. The highest BCUT2D eigenvalue weighted by Crippen LogP contribution is 2.33. The van der Waals surface area contributed by atoms with Gasteiger partial charge >= 0.3 is 5.97 Å². The summed E-state index contributed by atoms with van der Waals surface area (Å²) in [5.41, 5.74) is 2.62. The first-order valence-corrected chi connectivity index (χ1v) is 9.96. The number of hydrogen-bond acceptors (Lipinski definition) is 6. The Morgan fingerprint density at radius 1 is 1.28 bits per heavy atom. The zero-order valence-corrected chi connectivity index (χ0v) is 17.7. The van der Waals surface area contributed by atoms with Crippen LogP contribution in [0, 0.1) is 0 Å². The number of hydrogen-bond donors (Lipinski definition) is 1. The molecule has 154 valence electrons. The maximum absolute atomic E-state index is 12.4. The van der Waals surface area contributed by atoms with E-state index in [1.807, 2.05) is 26.0 Å². The van der Waals surface area contributed by atoms with Gasteiger partial charge in [-0.25, -0.2) is 14.8 Å². The molecule has 1 aromatic carbocycles.